The summed E-state index contributed by atoms with van der Waals surface area (Å²) in [7, 11) is 3.19. The Morgan fingerprint density at radius 3 is 2.71 bits per heavy atom. The van der Waals surface area contributed by atoms with Crippen molar-refractivity contribution in [1.29, 1.82) is 0 Å². The van der Waals surface area contributed by atoms with Gasteiger partial charge in [-0.3, -0.25) is 9.59 Å². The van der Waals surface area contributed by atoms with Gasteiger partial charge in [0.2, 0.25) is 11.8 Å². The third-order valence-corrected chi connectivity index (χ3v) is 6.21. The van der Waals surface area contributed by atoms with Crippen molar-refractivity contribution in [2.45, 2.75) is 37.8 Å². The highest BCUT2D eigenvalue weighted by atomic mass is 16.5. The molecule has 2 saturated heterocycles. The molecule has 28 heavy (non-hydrogen) atoms. The van der Waals surface area contributed by atoms with Crippen molar-refractivity contribution < 1.29 is 14.3 Å². The van der Waals surface area contributed by atoms with Crippen molar-refractivity contribution in [1.82, 2.24) is 15.2 Å². The zero-order valence-corrected chi connectivity index (χ0v) is 16.2. The van der Waals surface area contributed by atoms with Crippen LogP contribution in [-0.2, 0) is 11.2 Å². The number of rotatable bonds is 5. The summed E-state index contributed by atoms with van der Waals surface area (Å²) in [5, 5.41) is 2.86. The number of hydrogen-bond donors (Lipinski definition) is 1. The number of hydrogen-bond acceptors (Lipinski definition) is 4. The minimum Gasteiger partial charge on any atom is -0.480 e. The van der Waals surface area contributed by atoms with Gasteiger partial charge in [-0.1, -0.05) is 30.3 Å². The summed E-state index contributed by atoms with van der Waals surface area (Å²) < 4.78 is 5.30. The molecular formula is C22H25N3O3. The lowest BCUT2D eigenvalue weighted by Gasteiger charge is -2.36. The van der Waals surface area contributed by atoms with Crippen molar-refractivity contribution in [2.75, 3.05) is 14.2 Å². The lowest BCUT2D eigenvalue weighted by Crippen LogP contribution is -2.50. The van der Waals surface area contributed by atoms with Crippen LogP contribution in [0.25, 0.3) is 0 Å². The molecule has 0 radical (unpaired) electrons. The maximum absolute atomic E-state index is 13.4. The van der Waals surface area contributed by atoms with Crippen LogP contribution in [0.2, 0.25) is 0 Å². The topological polar surface area (TPSA) is 71.5 Å². The highest BCUT2D eigenvalue weighted by Crippen LogP contribution is 2.52. The van der Waals surface area contributed by atoms with Crippen LogP contribution in [0, 0.1) is 5.41 Å². The molecule has 6 heteroatoms. The second kappa shape index (κ2) is 7.26. The van der Waals surface area contributed by atoms with Crippen molar-refractivity contribution in [3.05, 3.63) is 59.8 Å². The minimum atomic E-state index is -0.607. The number of fused-ring (bicyclic) bond motifs is 2. The molecule has 146 valence electrons. The summed E-state index contributed by atoms with van der Waals surface area (Å²) in [6.07, 6.45) is 4.67. The Kier molecular flexibility index (Phi) is 4.79. The Hall–Kier alpha value is -2.89. The molecule has 2 aliphatic heterocycles. The monoisotopic (exact) mass is 379 g/mol. The second-order valence-corrected chi connectivity index (χ2v) is 7.62. The molecular weight excluding hydrogens is 354 g/mol. The third-order valence-electron chi connectivity index (χ3n) is 6.21. The molecule has 2 fully saturated rings. The van der Waals surface area contributed by atoms with E-state index >= 15 is 0 Å². The number of carbonyl (C=O) groups excluding carboxylic acids is 2. The Labute approximate surface area is 164 Å². The fraction of sp³-hybridized carbons (Fsp3) is 0.409. The third kappa shape index (κ3) is 2.84. The summed E-state index contributed by atoms with van der Waals surface area (Å²) in [6.45, 7) is 0. The van der Waals surface area contributed by atoms with Gasteiger partial charge in [0.25, 0.3) is 5.91 Å². The van der Waals surface area contributed by atoms with Crippen LogP contribution in [0.4, 0.5) is 0 Å². The van der Waals surface area contributed by atoms with Crippen LogP contribution < -0.4 is 10.1 Å². The van der Waals surface area contributed by atoms with Gasteiger partial charge in [0, 0.05) is 25.3 Å². The fourth-order valence-corrected chi connectivity index (χ4v) is 5.07. The van der Waals surface area contributed by atoms with Crippen LogP contribution in [0.3, 0.4) is 0 Å². The molecule has 0 unspecified atom stereocenters. The highest BCUT2D eigenvalue weighted by Gasteiger charge is 2.61. The average molecular weight is 379 g/mol. The van der Waals surface area contributed by atoms with Gasteiger partial charge >= 0.3 is 0 Å². The van der Waals surface area contributed by atoms with Gasteiger partial charge < -0.3 is 15.0 Å². The van der Waals surface area contributed by atoms with Crippen molar-refractivity contribution >= 4 is 11.8 Å². The first-order valence-electron chi connectivity index (χ1n) is 9.68. The Morgan fingerprint density at radius 1 is 1.21 bits per heavy atom. The Balaban J connectivity index is 1.70. The van der Waals surface area contributed by atoms with Crippen molar-refractivity contribution in [3.63, 3.8) is 0 Å². The van der Waals surface area contributed by atoms with E-state index in [-0.39, 0.29) is 23.9 Å². The van der Waals surface area contributed by atoms with E-state index in [1.807, 2.05) is 35.2 Å². The summed E-state index contributed by atoms with van der Waals surface area (Å²) in [4.78, 5) is 32.6. The van der Waals surface area contributed by atoms with E-state index in [2.05, 4.69) is 10.3 Å². The number of methoxy groups -OCH3 is 1. The molecule has 1 aromatic carbocycles. The van der Waals surface area contributed by atoms with Gasteiger partial charge in [0.1, 0.15) is 5.56 Å². The van der Waals surface area contributed by atoms with Crippen LogP contribution in [0.5, 0.6) is 5.88 Å². The van der Waals surface area contributed by atoms with E-state index in [1.165, 1.54) is 7.11 Å². The zero-order chi connectivity index (χ0) is 19.7. The lowest BCUT2D eigenvalue weighted by atomic mass is 9.69. The molecule has 2 aliphatic rings. The summed E-state index contributed by atoms with van der Waals surface area (Å²) in [6, 6.07) is 13.5. The van der Waals surface area contributed by atoms with E-state index in [0.29, 0.717) is 24.3 Å². The number of nitrogens with one attached hydrogen (secondary N) is 1. The average Bonchev–Trinajstić information content (AvgIpc) is 3.29. The molecule has 1 N–H and O–H groups in total. The first-order chi connectivity index (χ1) is 13.6. The molecule has 4 rings (SSSR count). The number of pyridine rings is 1. The first-order valence-corrected chi connectivity index (χ1v) is 9.68. The zero-order valence-electron chi connectivity index (χ0n) is 16.2. The molecule has 1 aromatic heterocycles. The van der Waals surface area contributed by atoms with E-state index < -0.39 is 5.41 Å². The predicted molar refractivity (Wildman–Crippen MR) is 105 cm³/mol. The minimum absolute atomic E-state index is 0.0134. The number of aromatic nitrogens is 1. The first kappa shape index (κ1) is 18.5. The normalized spacial score (nSPS) is 25.6. The molecule has 0 saturated carbocycles. The van der Waals surface area contributed by atoms with Gasteiger partial charge in [-0.05, 0) is 43.4 Å². The Morgan fingerprint density at radius 2 is 2.00 bits per heavy atom. The summed E-state index contributed by atoms with van der Waals surface area (Å²) >= 11 is 0. The van der Waals surface area contributed by atoms with Crippen LogP contribution in [0.1, 0.15) is 35.2 Å². The van der Waals surface area contributed by atoms with Gasteiger partial charge in [0.15, 0.2) is 0 Å². The smallest absolute Gasteiger partial charge is 0.259 e. The van der Waals surface area contributed by atoms with Gasteiger partial charge in [-0.15, -0.1) is 0 Å². The molecule has 0 spiro atoms. The maximum atomic E-state index is 13.4. The van der Waals surface area contributed by atoms with E-state index in [0.717, 1.165) is 18.4 Å². The molecule has 3 heterocycles. The van der Waals surface area contributed by atoms with Crippen LogP contribution in [-0.4, -0.2) is 47.9 Å². The SMILES string of the molecule is CNC(=O)[C@]1(Cc2ccccc2)C[C@@H]2CC[C@H]1N2C(=O)c1cccnc1OC. The number of carbonyl (C=O) groups is 2. The number of amides is 2. The molecule has 3 atom stereocenters. The summed E-state index contributed by atoms with van der Waals surface area (Å²) in [5.41, 5.74) is 0.962. The molecule has 6 nitrogen and oxygen atoms in total. The van der Waals surface area contributed by atoms with Crippen molar-refractivity contribution in [3.8, 4) is 5.88 Å². The molecule has 2 amide bonds. The maximum Gasteiger partial charge on any atom is 0.259 e. The lowest BCUT2D eigenvalue weighted by molar-refractivity contribution is -0.132. The number of nitrogens with zero attached hydrogens (tertiary/aromatic N) is 2. The van der Waals surface area contributed by atoms with E-state index in [9.17, 15) is 9.59 Å². The van der Waals surface area contributed by atoms with Crippen LogP contribution in [0.15, 0.2) is 48.7 Å². The van der Waals surface area contributed by atoms with E-state index in [4.69, 9.17) is 4.74 Å². The standard InChI is InChI=1S/C22H25N3O3/c1-23-21(27)22(13-15-7-4-3-5-8-15)14-16-10-11-18(22)25(16)20(26)17-9-6-12-24-19(17)28-2/h3-9,12,16,18H,10-11,13-14H2,1-2H3,(H,23,27)/t16-,18+,22+/m0/s1. The molecule has 2 aromatic rings. The van der Waals surface area contributed by atoms with Crippen LogP contribution >= 0.6 is 0 Å². The van der Waals surface area contributed by atoms with Crippen molar-refractivity contribution in [2.24, 2.45) is 5.41 Å². The fourth-order valence-electron chi connectivity index (χ4n) is 5.07. The molecule has 0 aliphatic carbocycles. The summed E-state index contributed by atoms with van der Waals surface area (Å²) in [5.74, 6) is 0.239. The van der Waals surface area contributed by atoms with Gasteiger partial charge in [0.05, 0.1) is 12.5 Å². The highest BCUT2D eigenvalue weighted by molar-refractivity contribution is 5.98. The largest absolute Gasteiger partial charge is 0.480 e. The Bertz CT molecular complexity index is 886. The predicted octanol–water partition coefficient (Wildman–Crippen LogP) is 2.44. The molecule has 2 bridgehead atoms. The number of benzene rings is 1. The van der Waals surface area contributed by atoms with Gasteiger partial charge in [-0.2, -0.15) is 0 Å². The quantitative estimate of drug-likeness (QED) is 0.866. The van der Waals surface area contributed by atoms with Gasteiger partial charge in [-0.25, -0.2) is 4.98 Å². The number of ether oxygens (including phenoxy) is 1. The second-order valence-electron chi connectivity index (χ2n) is 7.62. The van der Waals surface area contributed by atoms with E-state index in [1.54, 1.807) is 25.4 Å².